The SMILES string of the molecule is C#CC(NCC)c1cc(Br)cc(Br)c1. The minimum Gasteiger partial charge on any atom is -0.300 e. The molecule has 1 nitrogen and oxygen atoms in total. The van der Waals surface area contributed by atoms with Gasteiger partial charge in [0.05, 0.1) is 6.04 Å². The zero-order valence-electron chi connectivity index (χ0n) is 7.85. The molecule has 0 fully saturated rings. The minimum absolute atomic E-state index is 0.0196. The van der Waals surface area contributed by atoms with Crippen molar-refractivity contribution in [2.24, 2.45) is 0 Å². The molecule has 0 aliphatic rings. The third-order valence-electron chi connectivity index (χ3n) is 1.79. The molecule has 0 saturated heterocycles. The van der Waals surface area contributed by atoms with Crippen LogP contribution in [-0.2, 0) is 0 Å². The van der Waals surface area contributed by atoms with Crippen LogP contribution in [0.25, 0.3) is 0 Å². The zero-order chi connectivity index (χ0) is 10.6. The molecule has 1 aromatic rings. The Morgan fingerprint density at radius 2 is 1.93 bits per heavy atom. The molecule has 1 unspecified atom stereocenters. The van der Waals surface area contributed by atoms with E-state index in [0.717, 1.165) is 21.1 Å². The maximum atomic E-state index is 5.45. The van der Waals surface area contributed by atoms with Crippen molar-refractivity contribution in [3.8, 4) is 12.3 Å². The predicted octanol–water partition coefficient (Wildman–Crippen LogP) is 3.50. The van der Waals surface area contributed by atoms with Crippen LogP contribution in [0.15, 0.2) is 27.1 Å². The minimum atomic E-state index is -0.0196. The van der Waals surface area contributed by atoms with Crippen molar-refractivity contribution in [3.63, 3.8) is 0 Å². The van der Waals surface area contributed by atoms with Gasteiger partial charge in [0.15, 0.2) is 0 Å². The van der Waals surface area contributed by atoms with Crippen LogP contribution in [0.5, 0.6) is 0 Å². The van der Waals surface area contributed by atoms with E-state index in [4.69, 9.17) is 6.42 Å². The van der Waals surface area contributed by atoms with Gasteiger partial charge in [-0.25, -0.2) is 0 Å². The molecular weight excluding hydrogens is 306 g/mol. The van der Waals surface area contributed by atoms with Crippen LogP contribution in [0.2, 0.25) is 0 Å². The Bertz CT molecular complexity index is 335. The molecule has 1 aromatic carbocycles. The van der Waals surface area contributed by atoms with Gasteiger partial charge < -0.3 is 5.32 Å². The van der Waals surface area contributed by atoms with E-state index in [2.05, 4.69) is 43.1 Å². The first-order chi connectivity index (χ1) is 6.67. The van der Waals surface area contributed by atoms with Crippen molar-refractivity contribution in [3.05, 3.63) is 32.7 Å². The highest BCUT2D eigenvalue weighted by Crippen LogP contribution is 2.23. The second kappa shape index (κ2) is 5.55. The van der Waals surface area contributed by atoms with Crippen LogP contribution < -0.4 is 5.32 Å². The average molecular weight is 317 g/mol. The molecule has 0 radical (unpaired) electrons. The van der Waals surface area contributed by atoms with Crippen molar-refractivity contribution in [2.75, 3.05) is 6.54 Å². The van der Waals surface area contributed by atoms with Gasteiger partial charge in [-0.3, -0.25) is 0 Å². The Morgan fingerprint density at radius 3 is 2.36 bits per heavy atom. The lowest BCUT2D eigenvalue weighted by Crippen LogP contribution is -2.19. The molecular formula is C11H11Br2N. The van der Waals surface area contributed by atoms with Gasteiger partial charge in [0, 0.05) is 8.95 Å². The lowest BCUT2D eigenvalue weighted by molar-refractivity contribution is 0.664. The van der Waals surface area contributed by atoms with Crippen LogP contribution in [0, 0.1) is 12.3 Å². The number of halogens is 2. The Morgan fingerprint density at radius 1 is 1.36 bits per heavy atom. The quantitative estimate of drug-likeness (QED) is 0.842. The van der Waals surface area contributed by atoms with Crippen LogP contribution in [-0.4, -0.2) is 6.54 Å². The van der Waals surface area contributed by atoms with Gasteiger partial charge in [-0.2, -0.15) is 0 Å². The molecule has 74 valence electrons. The largest absolute Gasteiger partial charge is 0.300 e. The third-order valence-corrected chi connectivity index (χ3v) is 2.71. The number of benzene rings is 1. The summed E-state index contributed by atoms with van der Waals surface area (Å²) in [5.74, 6) is 2.72. The van der Waals surface area contributed by atoms with E-state index in [0.29, 0.717) is 0 Å². The first kappa shape index (κ1) is 11.8. The number of terminal acetylenes is 1. The Hall–Kier alpha value is -0.300. The summed E-state index contributed by atoms with van der Waals surface area (Å²) in [6, 6.07) is 6.02. The fourth-order valence-corrected chi connectivity index (χ4v) is 2.55. The summed E-state index contributed by atoms with van der Waals surface area (Å²) in [7, 11) is 0. The Balaban J connectivity index is 2.99. The van der Waals surface area contributed by atoms with E-state index in [1.165, 1.54) is 0 Å². The van der Waals surface area contributed by atoms with Crippen molar-refractivity contribution >= 4 is 31.9 Å². The number of nitrogens with one attached hydrogen (secondary N) is 1. The van der Waals surface area contributed by atoms with E-state index in [1.807, 2.05) is 25.1 Å². The van der Waals surface area contributed by atoms with E-state index >= 15 is 0 Å². The topological polar surface area (TPSA) is 12.0 Å². The maximum absolute atomic E-state index is 5.45. The zero-order valence-corrected chi connectivity index (χ0v) is 11.0. The molecule has 3 heteroatoms. The van der Waals surface area contributed by atoms with Crippen LogP contribution in [0.4, 0.5) is 0 Å². The lowest BCUT2D eigenvalue weighted by Gasteiger charge is -2.12. The summed E-state index contributed by atoms with van der Waals surface area (Å²) in [4.78, 5) is 0. The van der Waals surface area contributed by atoms with E-state index in [-0.39, 0.29) is 6.04 Å². The summed E-state index contributed by atoms with van der Waals surface area (Å²) in [5.41, 5.74) is 1.09. The second-order valence-corrected chi connectivity index (χ2v) is 4.69. The molecule has 0 aliphatic carbocycles. The Kier molecular flexibility index (Phi) is 4.67. The first-order valence-electron chi connectivity index (χ1n) is 4.33. The smallest absolute Gasteiger partial charge is 0.0943 e. The molecule has 0 heterocycles. The fraction of sp³-hybridized carbons (Fsp3) is 0.273. The molecule has 1 rings (SSSR count). The third kappa shape index (κ3) is 3.13. The van der Waals surface area contributed by atoms with Gasteiger partial charge in [0.25, 0.3) is 0 Å². The molecule has 0 amide bonds. The molecule has 14 heavy (non-hydrogen) atoms. The summed E-state index contributed by atoms with van der Waals surface area (Å²) in [6.07, 6.45) is 5.45. The first-order valence-corrected chi connectivity index (χ1v) is 5.91. The van der Waals surface area contributed by atoms with Gasteiger partial charge in [-0.15, -0.1) is 6.42 Å². The van der Waals surface area contributed by atoms with Gasteiger partial charge in [-0.1, -0.05) is 44.7 Å². The molecule has 0 bridgehead atoms. The fourth-order valence-electron chi connectivity index (χ4n) is 1.22. The van der Waals surface area contributed by atoms with Crippen molar-refractivity contribution < 1.29 is 0 Å². The van der Waals surface area contributed by atoms with E-state index < -0.39 is 0 Å². The highest BCUT2D eigenvalue weighted by Gasteiger charge is 2.07. The average Bonchev–Trinajstić information content (AvgIpc) is 2.12. The number of hydrogen-bond acceptors (Lipinski definition) is 1. The highest BCUT2D eigenvalue weighted by molar-refractivity contribution is 9.11. The number of hydrogen-bond donors (Lipinski definition) is 1. The monoisotopic (exact) mass is 315 g/mol. The predicted molar refractivity (Wildman–Crippen MR) is 67.1 cm³/mol. The van der Waals surface area contributed by atoms with Crippen LogP contribution in [0.1, 0.15) is 18.5 Å². The van der Waals surface area contributed by atoms with Gasteiger partial charge >= 0.3 is 0 Å². The highest BCUT2D eigenvalue weighted by atomic mass is 79.9. The molecule has 1 N–H and O–H groups in total. The van der Waals surface area contributed by atoms with E-state index in [9.17, 15) is 0 Å². The maximum Gasteiger partial charge on any atom is 0.0943 e. The summed E-state index contributed by atoms with van der Waals surface area (Å²) in [6.45, 7) is 2.90. The standard InChI is InChI=1S/C11H11Br2N/c1-3-11(14-4-2)8-5-9(12)7-10(13)6-8/h1,5-7,11,14H,4H2,2H3. The normalized spacial score (nSPS) is 12.1. The van der Waals surface area contributed by atoms with Gasteiger partial charge in [0.1, 0.15) is 0 Å². The van der Waals surface area contributed by atoms with Crippen LogP contribution in [0.3, 0.4) is 0 Å². The molecule has 0 spiro atoms. The van der Waals surface area contributed by atoms with Crippen molar-refractivity contribution in [1.82, 2.24) is 5.32 Å². The molecule has 1 atom stereocenters. The van der Waals surface area contributed by atoms with Gasteiger partial charge in [-0.05, 0) is 30.3 Å². The summed E-state index contributed by atoms with van der Waals surface area (Å²) in [5, 5.41) is 3.23. The van der Waals surface area contributed by atoms with Crippen molar-refractivity contribution in [1.29, 1.82) is 0 Å². The van der Waals surface area contributed by atoms with Gasteiger partial charge in [0.2, 0.25) is 0 Å². The van der Waals surface area contributed by atoms with Crippen LogP contribution >= 0.6 is 31.9 Å². The summed E-state index contributed by atoms with van der Waals surface area (Å²) >= 11 is 6.87. The second-order valence-electron chi connectivity index (χ2n) is 2.86. The Labute approximate surface area is 102 Å². The lowest BCUT2D eigenvalue weighted by atomic mass is 10.1. The number of rotatable bonds is 3. The molecule has 0 aliphatic heterocycles. The van der Waals surface area contributed by atoms with E-state index in [1.54, 1.807) is 0 Å². The molecule has 0 aromatic heterocycles. The molecule has 0 saturated carbocycles. The van der Waals surface area contributed by atoms with Crippen molar-refractivity contribution in [2.45, 2.75) is 13.0 Å². The summed E-state index contributed by atoms with van der Waals surface area (Å²) < 4.78 is 2.06.